The van der Waals surface area contributed by atoms with Gasteiger partial charge in [0.05, 0.1) is 28.5 Å². The number of para-hydroxylation sites is 1. The highest BCUT2D eigenvalue weighted by Gasteiger charge is 2.31. The number of piperazine rings is 1. The molecular weight excluding hydrogens is 568 g/mol. The summed E-state index contributed by atoms with van der Waals surface area (Å²) < 4.78 is 4.95. The first-order valence-corrected chi connectivity index (χ1v) is 15.4. The van der Waals surface area contributed by atoms with Crippen LogP contribution in [0.4, 0.5) is 21.9 Å². The van der Waals surface area contributed by atoms with Gasteiger partial charge in [-0.2, -0.15) is 0 Å². The number of aryl methyl sites for hydroxylation is 1. The number of aliphatic imine (C=N–C) groups is 1. The van der Waals surface area contributed by atoms with E-state index in [-0.39, 0.29) is 23.5 Å². The molecule has 2 aromatic carbocycles. The third-order valence-electron chi connectivity index (χ3n) is 8.44. The van der Waals surface area contributed by atoms with Crippen molar-refractivity contribution >= 4 is 52.3 Å². The highest BCUT2D eigenvalue weighted by Crippen LogP contribution is 2.37. The van der Waals surface area contributed by atoms with Crippen LogP contribution in [0.3, 0.4) is 0 Å². The fourth-order valence-corrected chi connectivity index (χ4v) is 6.10. The number of cyclic esters (lactones) is 1. The van der Waals surface area contributed by atoms with E-state index in [1.165, 1.54) is 11.3 Å². The van der Waals surface area contributed by atoms with Crippen molar-refractivity contribution in [2.24, 2.45) is 10.9 Å². The van der Waals surface area contributed by atoms with E-state index in [1.807, 2.05) is 12.1 Å². The minimum atomic E-state index is -0.338. The molecule has 3 amide bonds. The van der Waals surface area contributed by atoms with Gasteiger partial charge in [-0.05, 0) is 61.9 Å². The van der Waals surface area contributed by atoms with Crippen LogP contribution in [0.5, 0.6) is 0 Å². The molecule has 0 unspecified atom stereocenters. The average molecular weight is 605 g/mol. The Kier molecular flexibility index (Phi) is 8.56. The summed E-state index contributed by atoms with van der Waals surface area (Å²) in [5.74, 6) is -0.125. The zero-order valence-electron chi connectivity index (χ0n) is 24.4. The summed E-state index contributed by atoms with van der Waals surface area (Å²) in [7, 11) is 0. The molecule has 2 N–H and O–H groups in total. The highest BCUT2D eigenvalue weighted by molar-refractivity contribution is 6.34. The molecule has 0 aromatic heterocycles. The summed E-state index contributed by atoms with van der Waals surface area (Å²) in [6, 6.07) is 11.8. The van der Waals surface area contributed by atoms with Gasteiger partial charge in [-0.3, -0.25) is 14.6 Å². The van der Waals surface area contributed by atoms with Crippen molar-refractivity contribution in [1.29, 1.82) is 0 Å². The van der Waals surface area contributed by atoms with E-state index in [4.69, 9.17) is 16.3 Å². The van der Waals surface area contributed by atoms with Crippen molar-refractivity contribution in [3.05, 3.63) is 64.3 Å². The van der Waals surface area contributed by atoms with Crippen LogP contribution in [-0.2, 0) is 9.53 Å². The van der Waals surface area contributed by atoms with Crippen molar-refractivity contribution < 1.29 is 19.1 Å². The SMILES string of the molecule is Cc1ccccc1N1CCN(c2cc(Cl)c(C(=O)NCCCN3CCOC3=O)cc2NC(=O)C2=CCC(C3CC3)=N2)CC1. The first-order valence-electron chi connectivity index (χ1n) is 15.1. The number of carbonyl (C=O) groups is 3. The molecule has 10 nitrogen and oxygen atoms in total. The molecule has 0 spiro atoms. The van der Waals surface area contributed by atoms with Gasteiger partial charge in [0.1, 0.15) is 12.3 Å². The van der Waals surface area contributed by atoms with Crippen LogP contribution in [0.1, 0.15) is 41.6 Å². The first kappa shape index (κ1) is 29.0. The number of rotatable bonds is 10. The quantitative estimate of drug-likeness (QED) is 0.383. The van der Waals surface area contributed by atoms with E-state index in [1.54, 1.807) is 17.0 Å². The zero-order valence-corrected chi connectivity index (χ0v) is 25.2. The molecule has 0 atom stereocenters. The van der Waals surface area contributed by atoms with E-state index in [9.17, 15) is 14.4 Å². The second kappa shape index (κ2) is 12.7. The molecule has 3 heterocycles. The van der Waals surface area contributed by atoms with Crippen molar-refractivity contribution in [3.8, 4) is 0 Å². The maximum absolute atomic E-state index is 13.4. The largest absolute Gasteiger partial charge is 0.448 e. The normalized spacial score (nSPS) is 18.4. The Morgan fingerprint density at radius 1 is 1.02 bits per heavy atom. The van der Waals surface area contributed by atoms with Gasteiger partial charge in [0.25, 0.3) is 11.8 Å². The van der Waals surface area contributed by atoms with Crippen molar-refractivity contribution in [1.82, 2.24) is 10.2 Å². The molecule has 2 aromatic rings. The maximum Gasteiger partial charge on any atom is 0.409 e. The Bertz CT molecular complexity index is 1480. The smallest absolute Gasteiger partial charge is 0.409 e. The number of allylic oxidation sites excluding steroid dienone is 1. The monoisotopic (exact) mass is 604 g/mol. The summed E-state index contributed by atoms with van der Waals surface area (Å²) in [6.45, 7) is 7.02. The van der Waals surface area contributed by atoms with Gasteiger partial charge in [0.2, 0.25) is 0 Å². The molecule has 0 bridgehead atoms. The van der Waals surface area contributed by atoms with Crippen LogP contribution < -0.4 is 20.4 Å². The van der Waals surface area contributed by atoms with Gasteiger partial charge in [-0.25, -0.2) is 4.79 Å². The first-order chi connectivity index (χ1) is 20.9. The van der Waals surface area contributed by atoms with Crippen molar-refractivity contribution in [2.45, 2.75) is 32.6 Å². The minimum Gasteiger partial charge on any atom is -0.448 e. The van der Waals surface area contributed by atoms with E-state index < -0.39 is 0 Å². The molecule has 4 aliphatic rings. The maximum atomic E-state index is 13.4. The number of ether oxygens (including phenoxy) is 1. The summed E-state index contributed by atoms with van der Waals surface area (Å²) in [6.07, 6.45) is 5.13. The summed E-state index contributed by atoms with van der Waals surface area (Å²) in [5.41, 5.74) is 5.53. The fraction of sp³-hybridized carbons (Fsp3) is 0.438. The van der Waals surface area contributed by atoms with Gasteiger partial charge in [0, 0.05) is 57.1 Å². The number of nitrogens with one attached hydrogen (secondary N) is 2. The summed E-state index contributed by atoms with van der Waals surface area (Å²) >= 11 is 6.71. The standard InChI is InChI=1S/C32H37ClN6O4/c1-21-5-2-3-6-28(21)37-13-15-38(16-14-37)29-20-24(33)23(30(40)34-11-4-12-39-17-18-43-32(39)42)19-27(29)36-31(41)26-10-9-25(35-26)22-7-8-22/h2-3,5-6,10,19-20,22H,4,7-9,11-18H2,1H3,(H,34,40)(H,36,41). The lowest BCUT2D eigenvalue weighted by Gasteiger charge is -2.38. The Morgan fingerprint density at radius 3 is 2.47 bits per heavy atom. The molecule has 0 radical (unpaired) electrons. The Balaban J connectivity index is 1.18. The van der Waals surface area contributed by atoms with Crippen LogP contribution >= 0.6 is 11.6 Å². The Labute approximate surface area is 256 Å². The van der Waals surface area contributed by atoms with Gasteiger partial charge in [-0.15, -0.1) is 0 Å². The van der Waals surface area contributed by atoms with Crippen LogP contribution in [0, 0.1) is 12.8 Å². The van der Waals surface area contributed by atoms with Gasteiger partial charge in [-0.1, -0.05) is 29.8 Å². The van der Waals surface area contributed by atoms with Crippen LogP contribution in [0.2, 0.25) is 5.02 Å². The average Bonchev–Trinajstić information content (AvgIpc) is 3.59. The Hall–Kier alpha value is -4.05. The summed E-state index contributed by atoms with van der Waals surface area (Å²) in [5, 5.41) is 6.26. The van der Waals surface area contributed by atoms with E-state index in [0.29, 0.717) is 61.4 Å². The second-order valence-corrected chi connectivity index (χ2v) is 11.9. The minimum absolute atomic E-state index is 0.280. The fourth-order valence-electron chi connectivity index (χ4n) is 5.85. The predicted molar refractivity (Wildman–Crippen MR) is 168 cm³/mol. The lowest BCUT2D eigenvalue weighted by Crippen LogP contribution is -2.47. The zero-order chi connectivity index (χ0) is 29.9. The van der Waals surface area contributed by atoms with E-state index >= 15 is 0 Å². The highest BCUT2D eigenvalue weighted by atomic mass is 35.5. The number of halogens is 1. The molecule has 3 fully saturated rings. The van der Waals surface area contributed by atoms with Gasteiger partial charge >= 0.3 is 6.09 Å². The molecular formula is C32H37ClN6O4. The molecule has 226 valence electrons. The second-order valence-electron chi connectivity index (χ2n) is 11.4. The molecule has 11 heteroatoms. The number of anilines is 3. The van der Waals surface area contributed by atoms with Crippen LogP contribution in [0.15, 0.2) is 53.2 Å². The number of carbonyl (C=O) groups excluding carboxylic acids is 3. The molecule has 43 heavy (non-hydrogen) atoms. The third-order valence-corrected chi connectivity index (χ3v) is 8.75. The topological polar surface area (TPSA) is 107 Å². The number of hydrogen-bond donors (Lipinski definition) is 2. The molecule has 1 aliphatic carbocycles. The van der Waals surface area contributed by atoms with E-state index in [0.717, 1.165) is 50.4 Å². The lowest BCUT2D eigenvalue weighted by atomic mass is 10.1. The number of benzene rings is 2. The van der Waals surface area contributed by atoms with E-state index in [2.05, 4.69) is 50.5 Å². The van der Waals surface area contributed by atoms with Crippen molar-refractivity contribution in [3.63, 3.8) is 0 Å². The molecule has 3 aliphatic heterocycles. The number of hydrogen-bond acceptors (Lipinski definition) is 7. The van der Waals surface area contributed by atoms with Gasteiger partial charge in [0.15, 0.2) is 0 Å². The van der Waals surface area contributed by atoms with Gasteiger partial charge < -0.3 is 30.1 Å². The van der Waals surface area contributed by atoms with Crippen molar-refractivity contribution in [2.75, 3.05) is 67.5 Å². The van der Waals surface area contributed by atoms with Crippen LogP contribution in [-0.4, -0.2) is 80.9 Å². The molecule has 1 saturated carbocycles. The summed E-state index contributed by atoms with van der Waals surface area (Å²) in [4.78, 5) is 49.0. The lowest BCUT2D eigenvalue weighted by molar-refractivity contribution is -0.112. The third kappa shape index (κ3) is 6.64. The number of amides is 3. The van der Waals surface area contributed by atoms with Crippen LogP contribution in [0.25, 0.3) is 0 Å². The Morgan fingerprint density at radius 2 is 1.77 bits per heavy atom. The molecule has 6 rings (SSSR count). The molecule has 2 saturated heterocycles. The predicted octanol–water partition coefficient (Wildman–Crippen LogP) is 4.62. The number of nitrogens with zero attached hydrogens (tertiary/aromatic N) is 4.